The first-order valence-electron chi connectivity index (χ1n) is 14.2. The molecule has 0 saturated heterocycles. The number of aliphatic hydroxyl groups is 1. The van der Waals surface area contributed by atoms with Crippen molar-refractivity contribution in [3.05, 3.63) is 122 Å². The Morgan fingerprint density at radius 1 is 1.04 bits per heavy atom. The summed E-state index contributed by atoms with van der Waals surface area (Å²) in [6, 6.07) is 19.0. The smallest absolute Gasteiger partial charge is 0.320 e. The number of aromatic nitrogens is 6. The van der Waals surface area contributed by atoms with E-state index in [1.165, 1.54) is 0 Å². The molecule has 0 aliphatic rings. The van der Waals surface area contributed by atoms with Gasteiger partial charge in [-0.15, -0.1) is 16.8 Å². The number of carbonyl (C=O) groups excluding carboxylic acids is 1. The summed E-state index contributed by atoms with van der Waals surface area (Å²) in [5.74, 6) is 1.82. The van der Waals surface area contributed by atoms with E-state index in [-0.39, 0.29) is 11.4 Å². The number of nitrogens with zero attached hydrogens (tertiary/aromatic N) is 6. The molecule has 0 spiro atoms. The summed E-state index contributed by atoms with van der Waals surface area (Å²) in [6.45, 7) is 19.6. The van der Waals surface area contributed by atoms with Gasteiger partial charge in [0.25, 0.3) is 0 Å². The van der Waals surface area contributed by atoms with Gasteiger partial charge in [-0.1, -0.05) is 82.1 Å². The predicted octanol–water partition coefficient (Wildman–Crippen LogP) is 7.08. The number of aliphatic hydroxyl groups excluding tert-OH is 1. The molecule has 10 nitrogen and oxygen atoms in total. The first-order chi connectivity index (χ1) is 21.6. The van der Waals surface area contributed by atoms with Crippen LogP contribution in [0.1, 0.15) is 44.8 Å². The van der Waals surface area contributed by atoms with Crippen molar-refractivity contribution < 1.29 is 9.90 Å². The molecule has 234 valence electrons. The SMILES string of the molecule is C=CC.C=CC(=C)c1nnc2ccc(Sc3ccccc3CNC(=O)Nc3cc(C(C)(C)C)nn3-c3ccccn3)cn12.CO. The summed E-state index contributed by atoms with van der Waals surface area (Å²) in [6.07, 6.45) is 7.09. The van der Waals surface area contributed by atoms with Crippen molar-refractivity contribution in [1.82, 2.24) is 34.7 Å². The molecular weight excluding hydrogens is 584 g/mol. The highest BCUT2D eigenvalue weighted by molar-refractivity contribution is 7.99. The number of rotatable bonds is 8. The second kappa shape index (κ2) is 16.2. The molecule has 0 bridgehead atoms. The van der Waals surface area contributed by atoms with Crippen molar-refractivity contribution >= 4 is 34.8 Å². The standard InChI is InChI=1S/C30H30N8OS.C3H6.CH4O/c1-6-20(2)28-35-34-26-15-14-22(19-37(26)28)40-23-12-8-7-11-21(23)18-32-29(39)33-27-17-24(30(3,4)5)36-38(27)25-13-9-10-16-31-25;1-3-2;1-2/h6-17,19H,1-2,18H2,3-5H3,(H2,32,33,39);3H,1H2,2H3;2H,1H3. The number of fused-ring (bicyclic) bond motifs is 1. The normalized spacial score (nSPS) is 10.5. The fourth-order valence-corrected chi connectivity index (χ4v) is 4.91. The van der Waals surface area contributed by atoms with Gasteiger partial charge >= 0.3 is 6.03 Å². The molecule has 0 unspecified atom stereocenters. The number of urea groups is 1. The lowest BCUT2D eigenvalue weighted by Gasteiger charge is -2.13. The number of hydrogen-bond donors (Lipinski definition) is 3. The Hall–Kier alpha value is -5.00. The maximum absolute atomic E-state index is 13.0. The second-order valence-electron chi connectivity index (χ2n) is 10.5. The van der Waals surface area contributed by atoms with E-state index in [9.17, 15) is 4.79 Å². The van der Waals surface area contributed by atoms with Crippen LogP contribution in [0.5, 0.6) is 0 Å². The van der Waals surface area contributed by atoms with Crippen LogP contribution in [0.4, 0.5) is 10.6 Å². The first-order valence-corrected chi connectivity index (χ1v) is 15.0. The van der Waals surface area contributed by atoms with E-state index >= 15 is 0 Å². The number of nitrogens with one attached hydrogen (secondary N) is 2. The molecule has 0 fully saturated rings. The summed E-state index contributed by atoms with van der Waals surface area (Å²) in [7, 11) is 1.00. The Morgan fingerprint density at radius 2 is 1.76 bits per heavy atom. The van der Waals surface area contributed by atoms with Gasteiger partial charge < -0.3 is 10.4 Å². The highest BCUT2D eigenvalue weighted by atomic mass is 32.2. The van der Waals surface area contributed by atoms with E-state index in [2.05, 4.69) is 66.3 Å². The number of amides is 2. The topological polar surface area (TPSA) is 122 Å². The molecule has 45 heavy (non-hydrogen) atoms. The molecule has 1 aromatic carbocycles. The van der Waals surface area contributed by atoms with Crippen LogP contribution in [-0.2, 0) is 12.0 Å². The summed E-state index contributed by atoms with van der Waals surface area (Å²) < 4.78 is 3.55. The average molecular weight is 625 g/mol. The predicted molar refractivity (Wildman–Crippen MR) is 183 cm³/mol. The van der Waals surface area contributed by atoms with Crippen LogP contribution in [0.3, 0.4) is 0 Å². The van der Waals surface area contributed by atoms with Gasteiger partial charge in [0.15, 0.2) is 17.3 Å². The zero-order valence-corrected chi connectivity index (χ0v) is 27.2. The molecule has 0 atom stereocenters. The Kier molecular flexibility index (Phi) is 12.4. The Morgan fingerprint density at radius 3 is 2.42 bits per heavy atom. The van der Waals surface area contributed by atoms with E-state index in [4.69, 9.17) is 10.2 Å². The molecule has 0 radical (unpaired) electrons. The molecule has 0 aliphatic carbocycles. The van der Waals surface area contributed by atoms with Gasteiger partial charge in [0.2, 0.25) is 0 Å². The van der Waals surface area contributed by atoms with E-state index < -0.39 is 0 Å². The number of anilines is 1. The van der Waals surface area contributed by atoms with Gasteiger partial charge in [0, 0.05) is 52.9 Å². The molecule has 11 heteroatoms. The molecular formula is C34H40N8O2S. The minimum Gasteiger partial charge on any atom is -0.400 e. The van der Waals surface area contributed by atoms with E-state index in [0.29, 0.717) is 29.6 Å². The minimum absolute atomic E-state index is 0.196. The van der Waals surface area contributed by atoms with Crippen molar-refractivity contribution in [3.8, 4) is 5.82 Å². The fraction of sp³-hybridized carbons (Fsp3) is 0.206. The summed E-state index contributed by atoms with van der Waals surface area (Å²) in [4.78, 5) is 19.4. The molecule has 4 aromatic heterocycles. The Labute approximate surface area is 268 Å². The summed E-state index contributed by atoms with van der Waals surface area (Å²) in [5.41, 5.74) is 3.06. The minimum atomic E-state index is -0.337. The number of hydrogen-bond acceptors (Lipinski definition) is 7. The number of pyridine rings is 2. The molecule has 5 aromatic rings. The van der Waals surface area contributed by atoms with Gasteiger partial charge in [-0.3, -0.25) is 9.72 Å². The van der Waals surface area contributed by atoms with Crippen LogP contribution in [-0.4, -0.2) is 47.6 Å². The number of carbonyl (C=O) groups is 1. The second-order valence-corrected chi connectivity index (χ2v) is 11.7. The van der Waals surface area contributed by atoms with Crippen molar-refractivity contribution in [3.63, 3.8) is 0 Å². The molecule has 0 saturated carbocycles. The van der Waals surface area contributed by atoms with Crippen LogP contribution in [0, 0.1) is 0 Å². The lowest BCUT2D eigenvalue weighted by molar-refractivity contribution is 0.251. The molecule has 2 amide bonds. The quantitative estimate of drug-likeness (QED) is 0.125. The maximum atomic E-state index is 13.0. The van der Waals surface area contributed by atoms with Gasteiger partial charge in [-0.05, 0) is 42.8 Å². The van der Waals surface area contributed by atoms with Crippen molar-refractivity contribution in [1.29, 1.82) is 0 Å². The third-order valence-electron chi connectivity index (χ3n) is 6.13. The van der Waals surface area contributed by atoms with Gasteiger partial charge in [0.1, 0.15) is 5.82 Å². The number of benzene rings is 1. The monoisotopic (exact) mass is 624 g/mol. The lowest BCUT2D eigenvalue weighted by atomic mass is 9.92. The van der Waals surface area contributed by atoms with Crippen molar-refractivity contribution in [2.75, 3.05) is 12.4 Å². The lowest BCUT2D eigenvalue weighted by Crippen LogP contribution is -2.29. The van der Waals surface area contributed by atoms with E-state index in [0.717, 1.165) is 33.8 Å². The van der Waals surface area contributed by atoms with Crippen LogP contribution in [0.2, 0.25) is 0 Å². The first kappa shape index (κ1) is 34.5. The van der Waals surface area contributed by atoms with Crippen LogP contribution in [0.25, 0.3) is 17.0 Å². The Bertz CT molecular complexity index is 1750. The summed E-state index contributed by atoms with van der Waals surface area (Å²) in [5, 5.41) is 26.1. The van der Waals surface area contributed by atoms with Crippen LogP contribution < -0.4 is 10.6 Å². The van der Waals surface area contributed by atoms with Gasteiger partial charge in [-0.25, -0.2) is 9.78 Å². The van der Waals surface area contributed by atoms with Crippen LogP contribution in [0.15, 0.2) is 115 Å². The maximum Gasteiger partial charge on any atom is 0.320 e. The van der Waals surface area contributed by atoms with Crippen LogP contribution >= 0.6 is 11.8 Å². The van der Waals surface area contributed by atoms with E-state index in [1.54, 1.807) is 34.8 Å². The third-order valence-corrected chi connectivity index (χ3v) is 7.23. The average Bonchev–Trinajstić information content (AvgIpc) is 3.67. The Balaban J connectivity index is 0.00000104. The largest absolute Gasteiger partial charge is 0.400 e. The molecule has 3 N–H and O–H groups in total. The van der Waals surface area contributed by atoms with Gasteiger partial charge in [-0.2, -0.15) is 9.78 Å². The molecule has 4 heterocycles. The fourth-order valence-electron chi connectivity index (χ4n) is 3.94. The number of allylic oxidation sites excluding steroid dienone is 3. The third kappa shape index (κ3) is 9.01. The van der Waals surface area contributed by atoms with Crippen molar-refractivity contribution in [2.24, 2.45) is 0 Å². The molecule has 0 aliphatic heterocycles. The van der Waals surface area contributed by atoms with Gasteiger partial charge in [0.05, 0.1) is 5.69 Å². The summed E-state index contributed by atoms with van der Waals surface area (Å²) >= 11 is 1.60. The highest BCUT2D eigenvalue weighted by Crippen LogP contribution is 2.31. The molecule has 5 rings (SSSR count). The zero-order chi connectivity index (χ0) is 33.0. The zero-order valence-electron chi connectivity index (χ0n) is 26.4. The van der Waals surface area contributed by atoms with Crippen molar-refractivity contribution in [2.45, 2.75) is 49.4 Å². The highest BCUT2D eigenvalue weighted by Gasteiger charge is 2.22. The van der Waals surface area contributed by atoms with E-state index in [1.807, 2.05) is 78.2 Å².